The van der Waals surface area contributed by atoms with Gasteiger partial charge in [0.25, 0.3) is 10.0 Å². The number of sulfonamides is 1. The molecule has 26 heavy (non-hydrogen) atoms. The van der Waals surface area contributed by atoms with Gasteiger partial charge in [-0.15, -0.1) is 11.3 Å². The standard InChI is InChI=1S/C16H19ClFN3O3S2/c17-12-7-15(26(23,24)21-16-19-4-5-25-16)13(18)8-14(12)20-9-10-2-1-3-11(22)6-10/h4-5,7-8,10-11,20,22H,1-3,6,9H2,(H,19,21). The molecule has 0 saturated heterocycles. The summed E-state index contributed by atoms with van der Waals surface area (Å²) in [4.78, 5) is 3.29. The lowest BCUT2D eigenvalue weighted by Gasteiger charge is -2.26. The van der Waals surface area contributed by atoms with Crippen LogP contribution in [0, 0.1) is 11.7 Å². The first-order valence-electron chi connectivity index (χ1n) is 8.18. The second kappa shape index (κ2) is 8.08. The van der Waals surface area contributed by atoms with Crippen molar-refractivity contribution in [2.75, 3.05) is 16.6 Å². The van der Waals surface area contributed by atoms with E-state index in [9.17, 15) is 17.9 Å². The molecular formula is C16H19ClFN3O3S2. The molecule has 2 unspecified atom stereocenters. The molecule has 1 heterocycles. The Hall–Kier alpha value is -1.42. The summed E-state index contributed by atoms with van der Waals surface area (Å²) in [6, 6.07) is 2.17. The Morgan fingerprint density at radius 1 is 1.38 bits per heavy atom. The summed E-state index contributed by atoms with van der Waals surface area (Å²) in [5, 5.41) is 14.6. The van der Waals surface area contributed by atoms with Gasteiger partial charge in [-0.3, -0.25) is 4.72 Å². The molecule has 1 fully saturated rings. The highest BCUT2D eigenvalue weighted by atomic mass is 35.5. The van der Waals surface area contributed by atoms with Crippen LogP contribution in [0.25, 0.3) is 0 Å². The molecule has 3 rings (SSSR count). The first-order chi connectivity index (χ1) is 12.3. The lowest BCUT2D eigenvalue weighted by molar-refractivity contribution is 0.105. The number of benzene rings is 1. The SMILES string of the molecule is O=S(=O)(Nc1nccs1)c1cc(Cl)c(NCC2CCCC(O)C2)cc1F. The van der Waals surface area contributed by atoms with Crippen LogP contribution in [0.2, 0.25) is 5.02 Å². The van der Waals surface area contributed by atoms with Crippen LogP contribution in [0.1, 0.15) is 25.7 Å². The zero-order chi connectivity index (χ0) is 18.7. The van der Waals surface area contributed by atoms with Gasteiger partial charge in [0, 0.05) is 18.1 Å². The summed E-state index contributed by atoms with van der Waals surface area (Å²) < 4.78 is 41.3. The molecule has 2 atom stereocenters. The monoisotopic (exact) mass is 419 g/mol. The minimum Gasteiger partial charge on any atom is -0.393 e. The predicted molar refractivity (Wildman–Crippen MR) is 101 cm³/mol. The largest absolute Gasteiger partial charge is 0.393 e. The number of nitrogens with one attached hydrogen (secondary N) is 2. The van der Waals surface area contributed by atoms with Gasteiger partial charge >= 0.3 is 0 Å². The van der Waals surface area contributed by atoms with Crippen LogP contribution < -0.4 is 10.0 Å². The van der Waals surface area contributed by atoms with Gasteiger partial charge in [-0.05, 0) is 37.3 Å². The summed E-state index contributed by atoms with van der Waals surface area (Å²) >= 11 is 7.24. The van der Waals surface area contributed by atoms with Crippen LogP contribution in [0.5, 0.6) is 0 Å². The van der Waals surface area contributed by atoms with Crippen molar-refractivity contribution in [3.63, 3.8) is 0 Å². The number of aromatic nitrogens is 1. The Kier molecular flexibility index (Phi) is 6.01. The third-order valence-corrected chi connectivity index (χ3v) is 6.79. The fraction of sp³-hybridized carbons (Fsp3) is 0.438. The smallest absolute Gasteiger partial charge is 0.266 e. The maximum Gasteiger partial charge on any atom is 0.266 e. The zero-order valence-corrected chi connectivity index (χ0v) is 16.2. The number of anilines is 2. The van der Waals surface area contributed by atoms with E-state index >= 15 is 0 Å². The number of halogens is 2. The first-order valence-corrected chi connectivity index (χ1v) is 10.9. The van der Waals surface area contributed by atoms with Crippen molar-refractivity contribution in [1.82, 2.24) is 4.98 Å². The lowest BCUT2D eigenvalue weighted by atomic mass is 9.87. The molecule has 1 aromatic carbocycles. The van der Waals surface area contributed by atoms with Crippen molar-refractivity contribution in [3.05, 3.63) is 34.5 Å². The number of aliphatic hydroxyl groups excluding tert-OH is 1. The van der Waals surface area contributed by atoms with Crippen LogP contribution >= 0.6 is 22.9 Å². The molecule has 0 spiro atoms. The Labute approximate surface area is 160 Å². The number of hydrogen-bond acceptors (Lipinski definition) is 6. The fourth-order valence-electron chi connectivity index (χ4n) is 3.02. The van der Waals surface area contributed by atoms with Gasteiger partial charge in [0.15, 0.2) is 5.13 Å². The highest BCUT2D eigenvalue weighted by Gasteiger charge is 2.24. The van der Waals surface area contributed by atoms with Crippen molar-refractivity contribution < 1.29 is 17.9 Å². The van der Waals surface area contributed by atoms with E-state index < -0.39 is 20.7 Å². The maximum absolute atomic E-state index is 14.4. The average Bonchev–Trinajstić information content (AvgIpc) is 3.07. The van der Waals surface area contributed by atoms with Crippen molar-refractivity contribution in [1.29, 1.82) is 0 Å². The van der Waals surface area contributed by atoms with Gasteiger partial charge in [0.05, 0.1) is 16.8 Å². The van der Waals surface area contributed by atoms with Gasteiger partial charge < -0.3 is 10.4 Å². The first kappa shape index (κ1) is 19.3. The van der Waals surface area contributed by atoms with E-state index in [2.05, 4.69) is 15.0 Å². The molecule has 1 aliphatic rings. The zero-order valence-electron chi connectivity index (χ0n) is 13.8. The van der Waals surface area contributed by atoms with Gasteiger partial charge in [-0.2, -0.15) is 0 Å². The van der Waals surface area contributed by atoms with Crippen LogP contribution in [-0.4, -0.2) is 31.2 Å². The highest BCUT2D eigenvalue weighted by molar-refractivity contribution is 7.93. The number of hydrogen-bond donors (Lipinski definition) is 3. The maximum atomic E-state index is 14.4. The number of rotatable bonds is 6. The van der Waals surface area contributed by atoms with E-state index in [4.69, 9.17) is 11.6 Å². The van der Waals surface area contributed by atoms with E-state index in [0.717, 1.165) is 42.7 Å². The van der Waals surface area contributed by atoms with E-state index in [0.29, 0.717) is 18.7 Å². The molecule has 1 aliphatic carbocycles. The molecule has 0 amide bonds. The molecule has 0 aliphatic heterocycles. The number of nitrogens with zero attached hydrogens (tertiary/aromatic N) is 1. The van der Waals surface area contributed by atoms with Crippen LogP contribution in [-0.2, 0) is 10.0 Å². The molecule has 1 saturated carbocycles. The van der Waals surface area contributed by atoms with Crippen LogP contribution in [0.3, 0.4) is 0 Å². The molecule has 10 heteroatoms. The van der Waals surface area contributed by atoms with Gasteiger partial charge in [0.2, 0.25) is 0 Å². The highest BCUT2D eigenvalue weighted by Crippen LogP contribution is 2.31. The van der Waals surface area contributed by atoms with Crippen LogP contribution in [0.15, 0.2) is 28.6 Å². The lowest BCUT2D eigenvalue weighted by Crippen LogP contribution is -2.25. The third-order valence-electron chi connectivity index (χ3n) is 4.30. The van der Waals surface area contributed by atoms with E-state index in [-0.39, 0.29) is 22.2 Å². The number of thiazole rings is 1. The van der Waals surface area contributed by atoms with Gasteiger partial charge in [-0.25, -0.2) is 17.8 Å². The Morgan fingerprint density at radius 3 is 2.88 bits per heavy atom. The minimum atomic E-state index is -4.12. The molecule has 142 valence electrons. The summed E-state index contributed by atoms with van der Waals surface area (Å²) in [6.07, 6.45) is 4.58. The Balaban J connectivity index is 1.73. The molecule has 0 bridgehead atoms. The van der Waals surface area contributed by atoms with E-state index in [1.54, 1.807) is 5.38 Å². The summed E-state index contributed by atoms with van der Waals surface area (Å²) in [6.45, 7) is 0.541. The Bertz CT molecular complexity index is 862. The van der Waals surface area contributed by atoms with Crippen molar-refractivity contribution in [3.8, 4) is 0 Å². The second-order valence-corrected chi connectivity index (χ2v) is 9.23. The predicted octanol–water partition coefficient (Wildman–Crippen LogP) is 3.70. The topological polar surface area (TPSA) is 91.3 Å². The van der Waals surface area contributed by atoms with Gasteiger partial charge in [-0.1, -0.05) is 18.0 Å². The van der Waals surface area contributed by atoms with E-state index in [1.165, 1.54) is 6.20 Å². The molecule has 3 N–H and O–H groups in total. The van der Waals surface area contributed by atoms with Crippen molar-refractivity contribution in [2.45, 2.75) is 36.7 Å². The molecule has 1 aromatic heterocycles. The molecule has 2 aromatic rings. The Morgan fingerprint density at radius 2 is 2.19 bits per heavy atom. The third kappa shape index (κ3) is 4.64. The average molecular weight is 420 g/mol. The normalized spacial score (nSPS) is 20.7. The van der Waals surface area contributed by atoms with Crippen molar-refractivity contribution >= 4 is 43.8 Å². The summed E-state index contributed by atoms with van der Waals surface area (Å²) in [7, 11) is -4.12. The summed E-state index contributed by atoms with van der Waals surface area (Å²) in [5.74, 6) is -0.627. The molecule has 6 nitrogen and oxygen atoms in total. The second-order valence-electron chi connectivity index (χ2n) is 6.27. The summed E-state index contributed by atoms with van der Waals surface area (Å²) in [5.41, 5.74) is 0.331. The quantitative estimate of drug-likeness (QED) is 0.664. The van der Waals surface area contributed by atoms with Crippen molar-refractivity contribution in [2.24, 2.45) is 5.92 Å². The molecular weight excluding hydrogens is 401 g/mol. The van der Waals surface area contributed by atoms with Gasteiger partial charge in [0.1, 0.15) is 10.7 Å². The number of aliphatic hydroxyl groups is 1. The molecule has 0 radical (unpaired) electrons. The fourth-order valence-corrected chi connectivity index (χ4v) is 5.19. The van der Waals surface area contributed by atoms with E-state index in [1.807, 2.05) is 0 Å². The van der Waals surface area contributed by atoms with Crippen LogP contribution in [0.4, 0.5) is 15.2 Å². The minimum absolute atomic E-state index is 0.113.